The minimum absolute atomic E-state index is 0.577. The molecular formula is C14H24N4O. The highest BCUT2D eigenvalue weighted by atomic mass is 16.5. The van der Waals surface area contributed by atoms with Crippen molar-refractivity contribution in [2.75, 3.05) is 31.6 Å². The molecule has 1 atom stereocenters. The molecule has 106 valence electrons. The van der Waals surface area contributed by atoms with Crippen LogP contribution in [0.1, 0.15) is 32.0 Å². The summed E-state index contributed by atoms with van der Waals surface area (Å²) in [6.07, 6.45) is 3.64. The Morgan fingerprint density at radius 1 is 1.47 bits per heavy atom. The second-order valence-electron chi connectivity index (χ2n) is 5.06. The maximum Gasteiger partial charge on any atom is 0.218 e. The van der Waals surface area contributed by atoms with Gasteiger partial charge in [-0.25, -0.2) is 4.98 Å². The van der Waals surface area contributed by atoms with Crippen LogP contribution < -0.4 is 15.0 Å². The second kappa shape index (κ2) is 6.70. The van der Waals surface area contributed by atoms with Crippen LogP contribution in [-0.4, -0.2) is 42.8 Å². The van der Waals surface area contributed by atoms with Gasteiger partial charge in [-0.05, 0) is 32.7 Å². The Labute approximate surface area is 115 Å². The number of nitrogens with zero attached hydrogens (tertiary/aromatic N) is 3. The number of ether oxygens (including phenoxy) is 1. The fourth-order valence-corrected chi connectivity index (χ4v) is 2.54. The van der Waals surface area contributed by atoms with Crippen LogP contribution in [0.5, 0.6) is 5.88 Å². The predicted molar refractivity (Wildman–Crippen MR) is 76.8 cm³/mol. The molecule has 1 aliphatic rings. The Balaban J connectivity index is 2.14. The molecule has 5 nitrogen and oxygen atoms in total. The highest BCUT2D eigenvalue weighted by Crippen LogP contribution is 2.19. The van der Waals surface area contributed by atoms with E-state index < -0.39 is 0 Å². The molecule has 1 N–H and O–H groups in total. The van der Waals surface area contributed by atoms with Gasteiger partial charge in [0, 0.05) is 25.2 Å². The number of rotatable bonds is 6. The van der Waals surface area contributed by atoms with E-state index in [0.717, 1.165) is 37.7 Å². The highest BCUT2D eigenvalue weighted by molar-refractivity contribution is 5.42. The number of hydrogen-bond donors (Lipinski definition) is 1. The van der Waals surface area contributed by atoms with Crippen molar-refractivity contribution < 1.29 is 4.74 Å². The maximum absolute atomic E-state index is 5.24. The van der Waals surface area contributed by atoms with Crippen LogP contribution in [-0.2, 0) is 0 Å². The Kier molecular flexibility index (Phi) is 4.96. The first-order chi connectivity index (χ1) is 9.22. The van der Waals surface area contributed by atoms with Crippen molar-refractivity contribution in [2.24, 2.45) is 0 Å². The standard InChI is InChI=1S/C14H24N4O/c1-4-8-18(10-12-6-5-7-15-12)13-9-14(19-3)17-11(2)16-13/h9,12,15H,4-8,10H2,1-3H3. The summed E-state index contributed by atoms with van der Waals surface area (Å²) in [5.74, 6) is 2.37. The number of methoxy groups -OCH3 is 1. The van der Waals surface area contributed by atoms with Crippen molar-refractivity contribution >= 4 is 5.82 Å². The van der Waals surface area contributed by atoms with Crippen molar-refractivity contribution in [1.29, 1.82) is 0 Å². The molecule has 0 aromatic carbocycles. The lowest BCUT2D eigenvalue weighted by molar-refractivity contribution is 0.395. The quantitative estimate of drug-likeness (QED) is 0.848. The van der Waals surface area contributed by atoms with E-state index >= 15 is 0 Å². The maximum atomic E-state index is 5.24. The SMILES string of the molecule is CCCN(CC1CCCN1)c1cc(OC)nc(C)n1. The summed E-state index contributed by atoms with van der Waals surface area (Å²) in [7, 11) is 1.65. The number of aromatic nitrogens is 2. The van der Waals surface area contributed by atoms with E-state index in [4.69, 9.17) is 4.74 Å². The molecule has 0 amide bonds. The van der Waals surface area contributed by atoms with Gasteiger partial charge in [0.1, 0.15) is 11.6 Å². The van der Waals surface area contributed by atoms with E-state index in [9.17, 15) is 0 Å². The summed E-state index contributed by atoms with van der Waals surface area (Å²) >= 11 is 0. The summed E-state index contributed by atoms with van der Waals surface area (Å²) in [6, 6.07) is 2.50. The van der Waals surface area contributed by atoms with Crippen molar-refractivity contribution in [3.8, 4) is 5.88 Å². The van der Waals surface area contributed by atoms with Gasteiger partial charge < -0.3 is 15.0 Å². The Bertz CT molecular complexity index is 404. The van der Waals surface area contributed by atoms with Crippen molar-refractivity contribution in [3.63, 3.8) is 0 Å². The van der Waals surface area contributed by atoms with E-state index in [1.165, 1.54) is 12.8 Å². The van der Waals surface area contributed by atoms with Crippen LogP contribution in [0.2, 0.25) is 0 Å². The number of aryl methyl sites for hydroxylation is 1. The normalized spacial score (nSPS) is 18.6. The van der Waals surface area contributed by atoms with Gasteiger partial charge in [-0.1, -0.05) is 6.92 Å². The Morgan fingerprint density at radius 2 is 2.32 bits per heavy atom. The van der Waals surface area contributed by atoms with Gasteiger partial charge in [-0.3, -0.25) is 0 Å². The summed E-state index contributed by atoms with van der Waals surface area (Å²) in [4.78, 5) is 11.1. The summed E-state index contributed by atoms with van der Waals surface area (Å²) in [5, 5.41) is 3.54. The first-order valence-corrected chi connectivity index (χ1v) is 7.11. The van der Waals surface area contributed by atoms with Gasteiger partial charge >= 0.3 is 0 Å². The molecule has 1 aliphatic heterocycles. The molecule has 5 heteroatoms. The molecular weight excluding hydrogens is 240 g/mol. The molecule has 0 bridgehead atoms. The van der Waals surface area contributed by atoms with Gasteiger partial charge in [-0.2, -0.15) is 4.98 Å². The molecule has 0 spiro atoms. The zero-order chi connectivity index (χ0) is 13.7. The molecule has 0 saturated carbocycles. The van der Waals surface area contributed by atoms with Crippen molar-refractivity contribution in [2.45, 2.75) is 39.2 Å². The third-order valence-electron chi connectivity index (χ3n) is 3.43. The minimum Gasteiger partial charge on any atom is -0.481 e. The molecule has 1 fully saturated rings. The van der Waals surface area contributed by atoms with Gasteiger partial charge in [0.2, 0.25) is 5.88 Å². The Morgan fingerprint density at radius 3 is 2.95 bits per heavy atom. The van der Waals surface area contributed by atoms with Gasteiger partial charge in [0.25, 0.3) is 0 Å². The lowest BCUT2D eigenvalue weighted by atomic mass is 10.2. The summed E-state index contributed by atoms with van der Waals surface area (Å²) in [5.41, 5.74) is 0. The first-order valence-electron chi connectivity index (χ1n) is 7.11. The highest BCUT2D eigenvalue weighted by Gasteiger charge is 2.19. The monoisotopic (exact) mass is 264 g/mol. The number of nitrogens with one attached hydrogen (secondary N) is 1. The van der Waals surface area contributed by atoms with Crippen LogP contribution in [0.3, 0.4) is 0 Å². The van der Waals surface area contributed by atoms with E-state index in [1.54, 1.807) is 7.11 Å². The average Bonchev–Trinajstić information content (AvgIpc) is 2.90. The van der Waals surface area contributed by atoms with Crippen molar-refractivity contribution in [1.82, 2.24) is 15.3 Å². The smallest absolute Gasteiger partial charge is 0.218 e. The molecule has 1 aromatic rings. The first kappa shape index (κ1) is 14.1. The third kappa shape index (κ3) is 3.80. The topological polar surface area (TPSA) is 50.3 Å². The van der Waals surface area contributed by atoms with Gasteiger partial charge in [-0.15, -0.1) is 0 Å². The fraction of sp³-hybridized carbons (Fsp3) is 0.714. The van der Waals surface area contributed by atoms with Crippen LogP contribution in [0.15, 0.2) is 6.07 Å². The lowest BCUT2D eigenvalue weighted by Crippen LogP contribution is -2.38. The number of anilines is 1. The fourth-order valence-electron chi connectivity index (χ4n) is 2.54. The predicted octanol–water partition coefficient (Wildman–Crippen LogP) is 1.76. The summed E-state index contributed by atoms with van der Waals surface area (Å²) in [6.45, 7) is 7.26. The molecule has 2 heterocycles. The minimum atomic E-state index is 0.577. The van der Waals surface area contributed by atoms with Gasteiger partial charge in [0.05, 0.1) is 7.11 Å². The van der Waals surface area contributed by atoms with E-state index in [2.05, 4.69) is 27.1 Å². The van der Waals surface area contributed by atoms with Crippen LogP contribution in [0.25, 0.3) is 0 Å². The zero-order valence-electron chi connectivity index (χ0n) is 12.1. The van der Waals surface area contributed by atoms with E-state index in [-0.39, 0.29) is 0 Å². The Hall–Kier alpha value is -1.36. The lowest BCUT2D eigenvalue weighted by Gasteiger charge is -2.26. The summed E-state index contributed by atoms with van der Waals surface area (Å²) < 4.78 is 5.24. The molecule has 1 saturated heterocycles. The molecule has 1 unspecified atom stereocenters. The van der Waals surface area contributed by atoms with Gasteiger partial charge in [0.15, 0.2) is 0 Å². The van der Waals surface area contributed by atoms with Crippen LogP contribution in [0.4, 0.5) is 5.82 Å². The molecule has 0 radical (unpaired) electrons. The second-order valence-corrected chi connectivity index (χ2v) is 5.06. The average molecular weight is 264 g/mol. The van der Waals surface area contributed by atoms with Crippen LogP contribution >= 0.6 is 0 Å². The third-order valence-corrected chi connectivity index (χ3v) is 3.43. The van der Waals surface area contributed by atoms with E-state index in [1.807, 2.05) is 13.0 Å². The molecule has 0 aliphatic carbocycles. The molecule has 2 rings (SSSR count). The van der Waals surface area contributed by atoms with Crippen molar-refractivity contribution in [3.05, 3.63) is 11.9 Å². The largest absolute Gasteiger partial charge is 0.481 e. The molecule has 1 aromatic heterocycles. The molecule has 19 heavy (non-hydrogen) atoms. The zero-order valence-corrected chi connectivity index (χ0v) is 12.1. The van der Waals surface area contributed by atoms with E-state index in [0.29, 0.717) is 11.9 Å². The van der Waals surface area contributed by atoms with Crippen LogP contribution in [0, 0.1) is 6.92 Å². The number of hydrogen-bond acceptors (Lipinski definition) is 5.